The Morgan fingerprint density at radius 2 is 0.737 bits per heavy atom. The highest BCUT2D eigenvalue weighted by molar-refractivity contribution is 7.73. The first-order valence-corrected chi connectivity index (χ1v) is 19.5. The molecule has 17 heteroatoms. The first kappa shape index (κ1) is 40.4. The highest BCUT2D eigenvalue weighted by Crippen LogP contribution is 2.71. The molecule has 0 aromatic carbocycles. The zero-order chi connectivity index (χ0) is 29.9. The monoisotopic (exact) mass is 632 g/mol. The molecule has 0 unspecified atom stereocenters. The fourth-order valence-electron chi connectivity index (χ4n) is 3.03. The molecule has 13 nitrogen and oxygen atoms in total. The van der Waals surface area contributed by atoms with Crippen LogP contribution in [0.1, 0.15) is 68.7 Å². The number of rotatable bonds is 22. The van der Waals surface area contributed by atoms with Gasteiger partial charge in [0, 0.05) is 6.42 Å². The van der Waals surface area contributed by atoms with Gasteiger partial charge in [0.05, 0.1) is 52.9 Å². The minimum atomic E-state index is -3.80. The van der Waals surface area contributed by atoms with Crippen LogP contribution in [0.3, 0.4) is 0 Å². The van der Waals surface area contributed by atoms with E-state index in [1.165, 1.54) is 6.92 Å². The summed E-state index contributed by atoms with van der Waals surface area (Å²) in [6.45, 7) is 15.9. The predicted molar refractivity (Wildman–Crippen MR) is 147 cm³/mol. The average Bonchev–Trinajstić information content (AvgIpc) is 2.78. The van der Waals surface area contributed by atoms with Gasteiger partial charge in [0.15, 0.2) is 11.3 Å². The Morgan fingerprint density at radius 1 is 0.500 bits per heavy atom. The predicted octanol–water partition coefficient (Wildman–Crippen LogP) is 7.30. The summed E-state index contributed by atoms with van der Waals surface area (Å²) >= 11 is 0. The van der Waals surface area contributed by atoms with E-state index in [9.17, 15) is 23.1 Å². The van der Waals surface area contributed by atoms with E-state index in [1.807, 2.05) is 0 Å². The van der Waals surface area contributed by atoms with Crippen LogP contribution >= 0.6 is 30.4 Å². The molecule has 0 aliphatic rings. The van der Waals surface area contributed by atoms with Gasteiger partial charge in [-0.05, 0) is 62.3 Å². The Kier molecular flexibility index (Phi) is 22.4. The number of ketones is 1. The topological polar surface area (TPSA) is 159 Å². The lowest BCUT2D eigenvalue weighted by atomic mass is 10.3. The van der Waals surface area contributed by atoms with Crippen LogP contribution in [-0.2, 0) is 59.2 Å². The van der Waals surface area contributed by atoms with Gasteiger partial charge >= 0.3 is 30.4 Å². The van der Waals surface area contributed by atoms with Crippen LogP contribution in [0.25, 0.3) is 0 Å². The summed E-state index contributed by atoms with van der Waals surface area (Å²) in [6.07, 6.45) is -0.255. The first-order valence-electron chi connectivity index (χ1n) is 12.8. The lowest BCUT2D eigenvalue weighted by Gasteiger charge is -2.30. The smallest absolute Gasteiger partial charge is 0.308 e. The van der Waals surface area contributed by atoms with Gasteiger partial charge in [-0.1, -0.05) is 0 Å². The van der Waals surface area contributed by atoms with Crippen LogP contribution in [-0.4, -0.2) is 69.9 Å². The molecular weight excluding hydrogens is 584 g/mol. The minimum absolute atomic E-state index is 0.101. The zero-order valence-corrected chi connectivity index (χ0v) is 27.8. The van der Waals surface area contributed by atoms with Gasteiger partial charge in [-0.25, -0.2) is 0 Å². The zero-order valence-electron chi connectivity index (χ0n) is 24.2. The Labute approximate surface area is 228 Å². The molecule has 0 aromatic rings. The van der Waals surface area contributed by atoms with Crippen molar-refractivity contribution in [1.29, 1.82) is 0 Å². The molecule has 0 heterocycles. The van der Waals surface area contributed by atoms with Crippen LogP contribution in [0.4, 0.5) is 0 Å². The Balaban J connectivity index is 0. The van der Waals surface area contributed by atoms with Crippen LogP contribution in [0.5, 0.6) is 0 Å². The summed E-state index contributed by atoms with van der Waals surface area (Å²) in [6, 6.07) is 0. The van der Waals surface area contributed by atoms with E-state index in [0.717, 1.165) is 0 Å². The quantitative estimate of drug-likeness (QED) is 0.110. The second-order valence-corrected chi connectivity index (χ2v) is 16.6. The Morgan fingerprint density at radius 3 is 0.921 bits per heavy atom. The van der Waals surface area contributed by atoms with Crippen molar-refractivity contribution in [3.8, 4) is 0 Å². The fraction of sp³-hybridized carbons (Fsp3) is 0.952. The maximum Gasteiger partial charge on any atom is 0.346 e. The van der Waals surface area contributed by atoms with Gasteiger partial charge in [0.2, 0.25) is 0 Å². The van der Waals surface area contributed by atoms with Crippen molar-refractivity contribution in [2.75, 3.05) is 58.8 Å². The Bertz CT molecular complexity index is 738. The van der Waals surface area contributed by atoms with E-state index in [0.29, 0.717) is 0 Å². The lowest BCUT2D eigenvalue weighted by molar-refractivity contribution is -0.117. The van der Waals surface area contributed by atoms with Gasteiger partial charge in [-0.15, -0.1) is 0 Å². The van der Waals surface area contributed by atoms with Crippen LogP contribution in [0.2, 0.25) is 0 Å². The SMILES string of the molecule is CCOP(=O)(CP(=O)(OCC)OCC)OCC.CCOP(=O)(OCC)C(CC(C)=O)P(=O)(OCC)OCC. The summed E-state index contributed by atoms with van der Waals surface area (Å²) in [5.41, 5.74) is 0. The largest absolute Gasteiger partial charge is 0.346 e. The third-order valence-corrected chi connectivity index (χ3v) is 15.5. The minimum Gasteiger partial charge on any atom is -0.308 e. The van der Waals surface area contributed by atoms with Gasteiger partial charge < -0.3 is 36.2 Å². The molecule has 0 N–H and O–H groups in total. The third-order valence-electron chi connectivity index (χ3n) is 4.09. The van der Waals surface area contributed by atoms with Crippen molar-refractivity contribution in [2.45, 2.75) is 74.1 Å². The number of carbonyl (C=O) groups is 1. The molecular formula is C21H48O13P4. The van der Waals surface area contributed by atoms with Crippen LogP contribution < -0.4 is 0 Å². The summed E-state index contributed by atoms with van der Waals surface area (Å²) in [4.78, 5) is 11.5. The summed E-state index contributed by atoms with van der Waals surface area (Å²) < 4.78 is 91.4. The number of carbonyl (C=O) groups excluding carboxylic acids is 1. The van der Waals surface area contributed by atoms with E-state index in [2.05, 4.69) is 0 Å². The molecule has 0 amide bonds. The highest BCUT2D eigenvalue weighted by Gasteiger charge is 2.51. The maximum absolute atomic E-state index is 12.9. The second kappa shape index (κ2) is 21.0. The molecule has 0 aliphatic carbocycles. The second-order valence-electron chi connectivity index (χ2n) is 7.17. The van der Waals surface area contributed by atoms with Crippen molar-refractivity contribution in [3.63, 3.8) is 0 Å². The molecule has 0 saturated heterocycles. The molecule has 0 radical (unpaired) electrons. The maximum atomic E-state index is 12.9. The van der Waals surface area contributed by atoms with Gasteiger partial charge in [0.25, 0.3) is 0 Å². The van der Waals surface area contributed by atoms with Crippen LogP contribution in [0.15, 0.2) is 0 Å². The molecule has 0 saturated carbocycles. The number of hydrogen-bond acceptors (Lipinski definition) is 13. The van der Waals surface area contributed by atoms with E-state index < -0.39 is 35.8 Å². The number of Topliss-reactive ketones (excluding diaryl/α,β-unsaturated/α-hetero) is 1. The summed E-state index contributed by atoms with van der Waals surface area (Å²) in [5.74, 6) is -0.636. The summed E-state index contributed by atoms with van der Waals surface area (Å²) in [7, 11) is -14.4. The van der Waals surface area contributed by atoms with E-state index in [-0.39, 0.29) is 71.0 Å². The van der Waals surface area contributed by atoms with E-state index in [4.69, 9.17) is 36.2 Å². The first-order chi connectivity index (χ1) is 17.7. The Hall–Kier alpha value is 0.270. The molecule has 0 fully saturated rings. The van der Waals surface area contributed by atoms with Crippen molar-refractivity contribution in [2.24, 2.45) is 0 Å². The van der Waals surface area contributed by atoms with Gasteiger partial charge in [-0.3, -0.25) is 23.1 Å². The van der Waals surface area contributed by atoms with E-state index >= 15 is 0 Å². The fourth-order valence-corrected chi connectivity index (χ4v) is 13.2. The standard InChI is InChI=1S/C12H26O7P2.C9H22O6P2/c1-6-16-20(14,17-7-2)12(10-11(5)13)21(15,18-8-3)19-9-4;1-5-12-16(10,13-6-2)9-17(11,14-7-3)15-8-4/h12H,6-10H2,1-5H3;5-9H2,1-4H3. The van der Waals surface area contributed by atoms with Gasteiger partial charge in [-0.2, -0.15) is 0 Å². The molecule has 38 heavy (non-hydrogen) atoms. The number of hydrogen-bond donors (Lipinski definition) is 0. The summed E-state index contributed by atoms with van der Waals surface area (Å²) in [5, 5.41) is -1.25. The molecule has 0 rings (SSSR count). The molecule has 0 spiro atoms. The molecule has 0 bridgehead atoms. The van der Waals surface area contributed by atoms with Gasteiger partial charge in [0.1, 0.15) is 5.78 Å². The van der Waals surface area contributed by atoms with Crippen molar-refractivity contribution in [3.05, 3.63) is 0 Å². The average molecular weight is 632 g/mol. The van der Waals surface area contributed by atoms with Crippen molar-refractivity contribution in [1.82, 2.24) is 0 Å². The molecule has 0 aliphatic heterocycles. The molecule has 0 aromatic heterocycles. The van der Waals surface area contributed by atoms with Crippen LogP contribution in [0, 0.1) is 0 Å². The molecule has 230 valence electrons. The lowest BCUT2D eigenvalue weighted by Crippen LogP contribution is -2.20. The van der Waals surface area contributed by atoms with Crippen molar-refractivity contribution < 1.29 is 59.2 Å². The normalized spacial score (nSPS) is 12.9. The highest BCUT2D eigenvalue weighted by atomic mass is 31.2. The van der Waals surface area contributed by atoms with Crippen molar-refractivity contribution >= 4 is 36.2 Å². The molecule has 0 atom stereocenters. The third kappa shape index (κ3) is 15.3. The van der Waals surface area contributed by atoms with E-state index in [1.54, 1.807) is 55.4 Å².